The van der Waals surface area contributed by atoms with Crippen LogP contribution in [0.1, 0.15) is 17.3 Å². The number of hydrogen-bond acceptors (Lipinski definition) is 1. The lowest BCUT2D eigenvalue weighted by Gasteiger charge is -2.08. The molecule has 4 heteroatoms. The number of aromatic nitrogens is 2. The highest BCUT2D eigenvalue weighted by atomic mass is 35.5. The zero-order valence-electron chi connectivity index (χ0n) is 8.53. The molecule has 0 aliphatic carbocycles. The van der Waals surface area contributed by atoms with Crippen molar-refractivity contribution in [3.8, 4) is 0 Å². The zero-order chi connectivity index (χ0) is 11.1. The molecule has 2 heterocycles. The molecule has 2 aromatic rings. The first-order valence-electron chi connectivity index (χ1n) is 5.19. The molecule has 1 aliphatic rings. The summed E-state index contributed by atoms with van der Waals surface area (Å²) in [4.78, 5) is 4.29. The van der Waals surface area contributed by atoms with Crippen LogP contribution in [0, 0.1) is 0 Å². The number of fused-ring (bicyclic) bond motifs is 1. The van der Waals surface area contributed by atoms with Crippen LogP contribution >= 0.6 is 23.2 Å². The SMILES string of the molecule is Clc1ccc(C2Cc3nc(Cl)cn3C2)cc1. The van der Waals surface area contributed by atoms with Crippen molar-refractivity contribution in [2.24, 2.45) is 0 Å². The second-order valence-corrected chi connectivity index (χ2v) is 4.91. The summed E-state index contributed by atoms with van der Waals surface area (Å²) in [5, 5.41) is 1.37. The van der Waals surface area contributed by atoms with E-state index in [0.29, 0.717) is 11.1 Å². The van der Waals surface area contributed by atoms with Gasteiger partial charge in [-0.1, -0.05) is 35.3 Å². The summed E-state index contributed by atoms with van der Waals surface area (Å²) >= 11 is 11.7. The van der Waals surface area contributed by atoms with Crippen molar-refractivity contribution in [2.45, 2.75) is 18.9 Å². The van der Waals surface area contributed by atoms with E-state index < -0.39 is 0 Å². The van der Waals surface area contributed by atoms with Crippen LogP contribution in [0.2, 0.25) is 10.2 Å². The van der Waals surface area contributed by atoms with Crippen molar-refractivity contribution in [2.75, 3.05) is 0 Å². The van der Waals surface area contributed by atoms with Gasteiger partial charge in [0.1, 0.15) is 11.0 Å². The van der Waals surface area contributed by atoms with E-state index in [4.69, 9.17) is 23.2 Å². The van der Waals surface area contributed by atoms with Gasteiger partial charge in [-0.2, -0.15) is 0 Å². The molecular formula is C12H10Cl2N2. The molecule has 0 spiro atoms. The largest absolute Gasteiger partial charge is 0.333 e. The van der Waals surface area contributed by atoms with Crippen LogP contribution in [-0.2, 0) is 13.0 Å². The maximum absolute atomic E-state index is 5.87. The predicted octanol–water partition coefficient (Wildman–Crippen LogP) is 3.53. The molecule has 1 atom stereocenters. The number of benzene rings is 1. The van der Waals surface area contributed by atoms with Gasteiger partial charge in [0.25, 0.3) is 0 Å². The molecule has 1 unspecified atom stereocenters. The predicted molar refractivity (Wildman–Crippen MR) is 65.1 cm³/mol. The second-order valence-electron chi connectivity index (χ2n) is 4.08. The highest BCUT2D eigenvalue weighted by molar-refractivity contribution is 6.30. The summed E-state index contributed by atoms with van der Waals surface area (Å²) in [7, 11) is 0. The van der Waals surface area contributed by atoms with Crippen LogP contribution in [0.5, 0.6) is 0 Å². The topological polar surface area (TPSA) is 17.8 Å². The monoisotopic (exact) mass is 252 g/mol. The fourth-order valence-electron chi connectivity index (χ4n) is 2.22. The van der Waals surface area contributed by atoms with Gasteiger partial charge >= 0.3 is 0 Å². The number of halogens is 2. The summed E-state index contributed by atoms with van der Waals surface area (Å²) in [6, 6.07) is 8.04. The number of imidazole rings is 1. The Labute approximate surface area is 104 Å². The van der Waals surface area contributed by atoms with E-state index >= 15 is 0 Å². The fourth-order valence-corrected chi connectivity index (χ4v) is 2.56. The normalized spacial score (nSPS) is 18.8. The quantitative estimate of drug-likeness (QED) is 0.760. The molecule has 16 heavy (non-hydrogen) atoms. The first-order chi connectivity index (χ1) is 7.72. The van der Waals surface area contributed by atoms with Gasteiger partial charge in [-0.3, -0.25) is 0 Å². The van der Waals surface area contributed by atoms with Crippen molar-refractivity contribution < 1.29 is 0 Å². The smallest absolute Gasteiger partial charge is 0.147 e. The minimum Gasteiger partial charge on any atom is -0.333 e. The Morgan fingerprint density at radius 2 is 1.94 bits per heavy atom. The van der Waals surface area contributed by atoms with Crippen molar-refractivity contribution in [1.29, 1.82) is 0 Å². The van der Waals surface area contributed by atoms with Crippen LogP contribution in [0.3, 0.4) is 0 Å². The molecule has 0 fully saturated rings. The lowest BCUT2D eigenvalue weighted by Crippen LogP contribution is -2.00. The first kappa shape index (κ1) is 10.2. The summed E-state index contributed by atoms with van der Waals surface area (Å²) < 4.78 is 2.13. The van der Waals surface area contributed by atoms with E-state index in [2.05, 4.69) is 21.7 Å². The number of hydrogen-bond donors (Lipinski definition) is 0. The van der Waals surface area contributed by atoms with Crippen molar-refractivity contribution in [1.82, 2.24) is 9.55 Å². The zero-order valence-corrected chi connectivity index (χ0v) is 10.0. The minimum absolute atomic E-state index is 0.497. The average molecular weight is 253 g/mol. The van der Waals surface area contributed by atoms with Crippen LogP contribution in [-0.4, -0.2) is 9.55 Å². The molecule has 1 aromatic carbocycles. The third-order valence-corrected chi connectivity index (χ3v) is 3.45. The summed E-state index contributed by atoms with van der Waals surface area (Å²) in [5.41, 5.74) is 1.31. The Morgan fingerprint density at radius 1 is 1.19 bits per heavy atom. The fraction of sp³-hybridized carbons (Fsp3) is 0.250. The first-order valence-corrected chi connectivity index (χ1v) is 5.95. The Balaban J connectivity index is 1.85. The number of rotatable bonds is 1. The van der Waals surface area contributed by atoms with Gasteiger partial charge in [0.15, 0.2) is 0 Å². The summed E-state index contributed by atoms with van der Waals surface area (Å²) in [5.74, 6) is 1.57. The van der Waals surface area contributed by atoms with Gasteiger partial charge in [-0.05, 0) is 17.7 Å². The lowest BCUT2D eigenvalue weighted by atomic mass is 9.98. The molecule has 3 rings (SSSR count). The standard InChI is InChI=1S/C12H10Cl2N2/c13-10-3-1-8(2-4-10)9-5-12-15-11(14)7-16(12)6-9/h1-4,7,9H,5-6H2. The summed E-state index contributed by atoms with van der Waals surface area (Å²) in [6.45, 7) is 0.955. The van der Waals surface area contributed by atoms with E-state index in [0.717, 1.165) is 23.8 Å². The maximum Gasteiger partial charge on any atom is 0.147 e. The van der Waals surface area contributed by atoms with Gasteiger partial charge in [-0.25, -0.2) is 4.98 Å². The molecule has 0 N–H and O–H groups in total. The van der Waals surface area contributed by atoms with E-state index in [1.165, 1.54) is 5.56 Å². The molecule has 0 bridgehead atoms. The van der Waals surface area contributed by atoms with E-state index in [1.54, 1.807) is 0 Å². The highest BCUT2D eigenvalue weighted by Crippen LogP contribution is 2.30. The average Bonchev–Trinajstić information content (AvgIpc) is 2.75. The molecule has 0 saturated carbocycles. The van der Waals surface area contributed by atoms with Gasteiger partial charge in [0.2, 0.25) is 0 Å². The third-order valence-electron chi connectivity index (χ3n) is 3.02. The second kappa shape index (κ2) is 3.79. The Morgan fingerprint density at radius 3 is 2.62 bits per heavy atom. The van der Waals surface area contributed by atoms with E-state index in [9.17, 15) is 0 Å². The lowest BCUT2D eigenvalue weighted by molar-refractivity contribution is 0.652. The Hall–Kier alpha value is -0.990. The van der Waals surface area contributed by atoms with Crippen LogP contribution < -0.4 is 0 Å². The molecule has 0 radical (unpaired) electrons. The molecule has 1 aromatic heterocycles. The maximum atomic E-state index is 5.87. The van der Waals surface area contributed by atoms with Gasteiger partial charge in [0.05, 0.1) is 0 Å². The van der Waals surface area contributed by atoms with Crippen LogP contribution in [0.4, 0.5) is 0 Å². The van der Waals surface area contributed by atoms with Crippen LogP contribution in [0.25, 0.3) is 0 Å². The van der Waals surface area contributed by atoms with E-state index in [1.807, 2.05) is 18.3 Å². The Bertz CT molecular complexity index is 493. The number of nitrogens with zero attached hydrogens (tertiary/aromatic N) is 2. The van der Waals surface area contributed by atoms with Gasteiger partial charge in [-0.15, -0.1) is 0 Å². The van der Waals surface area contributed by atoms with Crippen molar-refractivity contribution in [3.05, 3.63) is 52.0 Å². The molecular weight excluding hydrogens is 243 g/mol. The molecule has 2 nitrogen and oxygen atoms in total. The summed E-state index contributed by atoms with van der Waals surface area (Å²) in [6.07, 6.45) is 2.85. The molecule has 0 saturated heterocycles. The highest BCUT2D eigenvalue weighted by Gasteiger charge is 2.24. The Kier molecular flexibility index (Phi) is 2.41. The third kappa shape index (κ3) is 1.72. The molecule has 82 valence electrons. The minimum atomic E-state index is 0.497. The van der Waals surface area contributed by atoms with Gasteiger partial charge < -0.3 is 4.57 Å². The van der Waals surface area contributed by atoms with Crippen molar-refractivity contribution in [3.63, 3.8) is 0 Å². The van der Waals surface area contributed by atoms with Crippen molar-refractivity contribution >= 4 is 23.2 Å². The van der Waals surface area contributed by atoms with Gasteiger partial charge in [0, 0.05) is 30.1 Å². The molecule has 0 amide bonds. The van der Waals surface area contributed by atoms with E-state index in [-0.39, 0.29) is 0 Å². The van der Waals surface area contributed by atoms with Crippen LogP contribution in [0.15, 0.2) is 30.5 Å². The molecule has 1 aliphatic heterocycles.